The van der Waals surface area contributed by atoms with Crippen molar-refractivity contribution in [1.29, 1.82) is 10.8 Å². The minimum Gasteiger partial charge on any atom is -0.463 e. The zero-order valence-electron chi connectivity index (χ0n) is 20.5. The van der Waals surface area contributed by atoms with E-state index in [9.17, 15) is 18.0 Å². The predicted octanol–water partition coefficient (Wildman–Crippen LogP) is 4.06. The van der Waals surface area contributed by atoms with Crippen LogP contribution in [0.1, 0.15) is 38.5 Å². The van der Waals surface area contributed by atoms with Gasteiger partial charge in [-0.1, -0.05) is 13.3 Å². The van der Waals surface area contributed by atoms with Crippen LogP contribution in [0.25, 0.3) is 10.2 Å². The number of carbonyl (C=O) groups excluding carboxylic acids is 1. The molecule has 2 aliphatic rings. The first kappa shape index (κ1) is 26.1. The molecular weight excluding hydrogens is 495 g/mol. The Kier molecular flexibility index (Phi) is 7.39. The Bertz CT molecular complexity index is 1170. The molecule has 2 N–H and O–H groups in total. The van der Waals surface area contributed by atoms with E-state index < -0.39 is 12.0 Å². The molecule has 13 heteroatoms. The second-order valence-electron chi connectivity index (χ2n) is 9.31. The lowest BCUT2D eigenvalue weighted by molar-refractivity contribution is -0.151. The van der Waals surface area contributed by atoms with Gasteiger partial charge in [0.05, 0.1) is 24.0 Å². The number of hydrogen-bond donors (Lipinski definition) is 2. The van der Waals surface area contributed by atoms with Gasteiger partial charge < -0.3 is 19.4 Å². The summed E-state index contributed by atoms with van der Waals surface area (Å²) in [5, 5.41) is 16.4. The number of fused-ring (bicyclic) bond motifs is 1. The molecule has 0 saturated carbocycles. The van der Waals surface area contributed by atoms with Gasteiger partial charge in [0.25, 0.3) is 0 Å². The quantitative estimate of drug-likeness (QED) is 0.333. The van der Waals surface area contributed by atoms with Crippen molar-refractivity contribution in [2.45, 2.75) is 52.3 Å². The van der Waals surface area contributed by atoms with Crippen LogP contribution < -0.4 is 9.80 Å². The zero-order valence-corrected chi connectivity index (χ0v) is 21.3. The fourth-order valence-electron chi connectivity index (χ4n) is 4.44. The van der Waals surface area contributed by atoms with Gasteiger partial charge >= 0.3 is 12.1 Å². The van der Waals surface area contributed by atoms with Gasteiger partial charge in [0.2, 0.25) is 11.8 Å². The molecule has 0 bridgehead atoms. The average Bonchev–Trinajstić information content (AvgIpc) is 3.44. The molecule has 2 aromatic heterocycles. The molecule has 2 fully saturated rings. The van der Waals surface area contributed by atoms with Crippen LogP contribution in [0.2, 0.25) is 0 Å². The maximum atomic E-state index is 13.1. The molecule has 1 atom stereocenters. The molecule has 2 saturated heterocycles. The Morgan fingerprint density at radius 1 is 1.25 bits per heavy atom. The maximum Gasteiger partial charge on any atom is 0.449 e. The Labute approximate surface area is 211 Å². The summed E-state index contributed by atoms with van der Waals surface area (Å²) in [6.45, 7) is 6.65. The summed E-state index contributed by atoms with van der Waals surface area (Å²) in [7, 11) is 0. The third-order valence-corrected chi connectivity index (χ3v) is 7.25. The molecule has 2 aliphatic heterocycles. The number of carbonyl (C=O) groups is 1. The molecule has 0 radical (unpaired) electrons. The fourth-order valence-corrected chi connectivity index (χ4v) is 5.56. The van der Waals surface area contributed by atoms with Crippen LogP contribution >= 0.6 is 11.3 Å². The number of halogens is 3. The van der Waals surface area contributed by atoms with Crippen LogP contribution in [0.3, 0.4) is 0 Å². The van der Waals surface area contributed by atoms with Crippen LogP contribution in [-0.2, 0) is 16.0 Å². The number of nitrogens with zero attached hydrogens (tertiary/aromatic N) is 5. The lowest BCUT2D eigenvalue weighted by Gasteiger charge is -2.37. The lowest BCUT2D eigenvalue weighted by Crippen LogP contribution is -2.55. The van der Waals surface area contributed by atoms with E-state index in [0.717, 1.165) is 27.9 Å². The van der Waals surface area contributed by atoms with Crippen molar-refractivity contribution >= 4 is 51.0 Å². The van der Waals surface area contributed by atoms with Crippen LogP contribution in [-0.4, -0.2) is 77.5 Å². The van der Waals surface area contributed by atoms with Crippen molar-refractivity contribution in [2.24, 2.45) is 5.92 Å². The van der Waals surface area contributed by atoms with E-state index in [1.54, 1.807) is 16.2 Å². The first-order valence-corrected chi connectivity index (χ1v) is 12.8. The van der Waals surface area contributed by atoms with Crippen LogP contribution in [0.5, 0.6) is 0 Å². The van der Waals surface area contributed by atoms with Gasteiger partial charge in [-0.25, -0.2) is 4.98 Å². The number of alkyl halides is 3. The minimum absolute atomic E-state index is 0.105. The molecule has 0 aliphatic carbocycles. The molecule has 0 aromatic carbocycles. The molecular formula is C23H30F3N7O2S. The summed E-state index contributed by atoms with van der Waals surface area (Å²) < 4.78 is 44.5. The van der Waals surface area contributed by atoms with Gasteiger partial charge in [0, 0.05) is 31.1 Å². The molecule has 196 valence electrons. The largest absolute Gasteiger partial charge is 0.463 e. The molecule has 0 spiro atoms. The molecule has 0 unspecified atom stereocenters. The number of esters is 1. The number of rotatable bonds is 6. The number of anilines is 2. The average molecular weight is 526 g/mol. The summed E-state index contributed by atoms with van der Waals surface area (Å²) >= 11 is 1.56. The number of hydrogen-bond acceptors (Lipinski definition) is 9. The van der Waals surface area contributed by atoms with Crippen molar-refractivity contribution in [3.63, 3.8) is 0 Å². The van der Waals surface area contributed by atoms with Gasteiger partial charge in [-0.05, 0) is 32.8 Å². The van der Waals surface area contributed by atoms with Crippen LogP contribution in [0.15, 0.2) is 6.07 Å². The normalized spacial score (nSPS) is 19.0. The van der Waals surface area contributed by atoms with Crippen molar-refractivity contribution in [2.75, 3.05) is 42.5 Å². The Hall–Kier alpha value is -2.96. The van der Waals surface area contributed by atoms with Gasteiger partial charge in [0.1, 0.15) is 16.5 Å². The predicted molar refractivity (Wildman–Crippen MR) is 133 cm³/mol. The Balaban J connectivity index is 1.62. The number of nitrogens with one attached hydrogen (secondary N) is 2. The molecule has 9 nitrogen and oxygen atoms in total. The molecule has 36 heavy (non-hydrogen) atoms. The highest BCUT2D eigenvalue weighted by molar-refractivity contribution is 7.18. The highest BCUT2D eigenvalue weighted by Gasteiger charge is 2.41. The zero-order chi connectivity index (χ0) is 26.2. The maximum absolute atomic E-state index is 13.1. The first-order chi connectivity index (χ1) is 17.0. The van der Waals surface area contributed by atoms with E-state index >= 15 is 0 Å². The first-order valence-electron chi connectivity index (χ1n) is 12.0. The Morgan fingerprint density at radius 2 is 2.00 bits per heavy atom. The van der Waals surface area contributed by atoms with E-state index in [1.165, 1.54) is 0 Å². The standard InChI is InChI=1S/C23H30F3N7O2S/c1-4-5-15-10-16-18(31-8-9-33(17(27)12-31)21(28)23(24,25)26)29-22(30-19(16)36-15)32-7-6-14(11-32)20(34)35-13(2)3/h10,13-14,27-28H,4-9,11-12H2,1-3H3/t14-/m1/s1. The summed E-state index contributed by atoms with van der Waals surface area (Å²) in [6.07, 6.45) is -2.56. The van der Waals surface area contributed by atoms with Crippen LogP contribution in [0.4, 0.5) is 24.9 Å². The SMILES string of the molecule is CCCc1cc2c(N3CCN(C(=N)C(F)(F)F)C(=N)C3)nc(N3CC[C@@H](C(=O)OC(C)C)C3)nc2s1. The third kappa shape index (κ3) is 5.40. The van der Waals surface area contributed by atoms with E-state index in [2.05, 4.69) is 6.92 Å². The second-order valence-corrected chi connectivity index (χ2v) is 10.4. The second kappa shape index (κ2) is 10.2. The van der Waals surface area contributed by atoms with E-state index in [1.807, 2.05) is 24.8 Å². The third-order valence-electron chi connectivity index (χ3n) is 6.16. The molecule has 0 amide bonds. The molecule has 4 heterocycles. The molecule has 4 rings (SSSR count). The van der Waals surface area contributed by atoms with Gasteiger partial charge in [-0.3, -0.25) is 15.6 Å². The number of aryl methyl sites for hydroxylation is 1. The Morgan fingerprint density at radius 3 is 2.64 bits per heavy atom. The van der Waals surface area contributed by atoms with Gasteiger partial charge in [0.15, 0.2) is 0 Å². The summed E-state index contributed by atoms with van der Waals surface area (Å²) in [5.41, 5.74) is 0. The van der Waals surface area contributed by atoms with E-state index in [-0.39, 0.29) is 43.5 Å². The summed E-state index contributed by atoms with van der Waals surface area (Å²) in [4.78, 5) is 28.3. The topological polar surface area (TPSA) is 110 Å². The number of ether oxygens (including phenoxy) is 1. The number of piperazine rings is 1. The van der Waals surface area contributed by atoms with Gasteiger partial charge in [-0.2, -0.15) is 18.2 Å². The van der Waals surface area contributed by atoms with Crippen molar-refractivity contribution in [3.8, 4) is 0 Å². The fraction of sp³-hybridized carbons (Fsp3) is 0.609. The monoisotopic (exact) mass is 525 g/mol. The number of thiophene rings is 1. The smallest absolute Gasteiger partial charge is 0.449 e. The van der Waals surface area contributed by atoms with Crippen LogP contribution in [0, 0.1) is 16.7 Å². The van der Waals surface area contributed by atoms with E-state index in [0.29, 0.717) is 36.2 Å². The van der Waals surface area contributed by atoms with Crippen molar-refractivity contribution in [3.05, 3.63) is 10.9 Å². The highest BCUT2D eigenvalue weighted by atomic mass is 32.1. The number of aromatic nitrogens is 2. The summed E-state index contributed by atoms with van der Waals surface area (Å²) in [6, 6.07) is 2.02. The van der Waals surface area contributed by atoms with Crippen molar-refractivity contribution in [1.82, 2.24) is 14.9 Å². The van der Waals surface area contributed by atoms with Gasteiger partial charge in [-0.15, -0.1) is 11.3 Å². The summed E-state index contributed by atoms with van der Waals surface area (Å²) in [5.74, 6) is -1.34. The number of amidine groups is 2. The molecule has 2 aromatic rings. The van der Waals surface area contributed by atoms with Crippen molar-refractivity contribution < 1.29 is 22.7 Å². The lowest BCUT2D eigenvalue weighted by atomic mass is 10.1. The highest BCUT2D eigenvalue weighted by Crippen LogP contribution is 2.35. The minimum atomic E-state index is -4.81. The van der Waals surface area contributed by atoms with E-state index in [4.69, 9.17) is 25.5 Å².